The van der Waals surface area contributed by atoms with Crippen LogP contribution in [-0.2, 0) is 21.5 Å². The van der Waals surface area contributed by atoms with E-state index in [1.165, 1.54) is 0 Å². The van der Waals surface area contributed by atoms with Gasteiger partial charge in [0.15, 0.2) is 12.4 Å². The number of methoxy groups -OCH3 is 1. The third-order valence-corrected chi connectivity index (χ3v) is 7.81. The number of amidine groups is 1. The first-order chi connectivity index (χ1) is 20.4. The molecule has 3 N–H and O–H groups in total. The number of ketones is 1. The molecule has 0 aliphatic carbocycles. The number of benzene rings is 2. The number of carboxylic acid groups (broad SMARTS) is 1. The van der Waals surface area contributed by atoms with Gasteiger partial charge in [0.1, 0.15) is 17.3 Å². The summed E-state index contributed by atoms with van der Waals surface area (Å²) in [6.45, 7) is 10.0. The van der Waals surface area contributed by atoms with E-state index >= 15 is 0 Å². The molecule has 2 aromatic rings. The van der Waals surface area contributed by atoms with Gasteiger partial charge < -0.3 is 34.4 Å². The van der Waals surface area contributed by atoms with E-state index in [0.717, 1.165) is 24.1 Å². The second kappa shape index (κ2) is 14.4. The van der Waals surface area contributed by atoms with E-state index in [0.29, 0.717) is 66.1 Å². The number of nitrogens with zero attached hydrogens (tertiary/aromatic N) is 2. The second-order valence-electron chi connectivity index (χ2n) is 12.0. The van der Waals surface area contributed by atoms with Gasteiger partial charge in [-0.15, -0.1) is 17.0 Å². The topological polar surface area (TPSA) is 141 Å². The maximum absolute atomic E-state index is 13.9. The highest BCUT2D eigenvalue weighted by molar-refractivity contribution is 8.93. The molecule has 12 heteroatoms. The smallest absolute Gasteiger partial charge is 0.341 e. The van der Waals surface area contributed by atoms with Gasteiger partial charge in [-0.3, -0.25) is 15.0 Å². The van der Waals surface area contributed by atoms with Crippen molar-refractivity contribution in [2.24, 2.45) is 5.92 Å². The van der Waals surface area contributed by atoms with E-state index in [9.17, 15) is 19.5 Å². The highest BCUT2D eigenvalue weighted by atomic mass is 79.9. The van der Waals surface area contributed by atoms with Crippen LogP contribution in [0.5, 0.6) is 11.5 Å². The van der Waals surface area contributed by atoms with Crippen molar-refractivity contribution in [3.63, 3.8) is 0 Å². The Morgan fingerprint density at radius 1 is 1.14 bits per heavy atom. The quantitative estimate of drug-likeness (QED) is 0.281. The first-order valence-corrected chi connectivity index (χ1v) is 14.5. The molecular formula is C32H43BrN4O7. The van der Waals surface area contributed by atoms with Crippen molar-refractivity contribution in [1.29, 1.82) is 5.41 Å². The molecule has 0 aromatic heterocycles. The molecule has 0 saturated carbocycles. The average molecular weight is 676 g/mol. The molecule has 0 radical (unpaired) electrons. The highest BCUT2D eigenvalue weighted by Gasteiger charge is 2.33. The summed E-state index contributed by atoms with van der Waals surface area (Å²) in [5, 5.41) is 20.8. The number of halogens is 1. The van der Waals surface area contributed by atoms with E-state index < -0.39 is 18.0 Å². The number of carbonyl (C=O) groups excluding carboxylic acids is 2. The summed E-state index contributed by atoms with van der Waals surface area (Å²) in [6, 6.07) is 7.00. The molecule has 2 aliphatic heterocycles. The summed E-state index contributed by atoms with van der Waals surface area (Å²) >= 11 is 0. The maximum atomic E-state index is 13.9. The van der Waals surface area contributed by atoms with Gasteiger partial charge in [-0.25, -0.2) is 4.79 Å². The Morgan fingerprint density at radius 3 is 2.48 bits per heavy atom. The maximum Gasteiger partial charge on any atom is 0.341 e. The number of fused-ring (bicyclic) bond motifs is 1. The summed E-state index contributed by atoms with van der Waals surface area (Å²) in [6.07, 6.45) is 0.903. The minimum absolute atomic E-state index is 0. The number of rotatable bonds is 12. The van der Waals surface area contributed by atoms with Gasteiger partial charge in [0.05, 0.1) is 31.0 Å². The van der Waals surface area contributed by atoms with Crippen LogP contribution in [0.3, 0.4) is 0 Å². The lowest BCUT2D eigenvalue weighted by Gasteiger charge is -2.29. The number of carbonyl (C=O) groups is 3. The average Bonchev–Trinajstić information content (AvgIpc) is 3.54. The first-order valence-electron chi connectivity index (χ1n) is 14.5. The van der Waals surface area contributed by atoms with E-state index in [2.05, 4.69) is 10.2 Å². The van der Waals surface area contributed by atoms with Crippen molar-refractivity contribution in [2.75, 3.05) is 58.5 Å². The summed E-state index contributed by atoms with van der Waals surface area (Å²) in [5.74, 6) is -0.194. The molecule has 1 unspecified atom stereocenters. The molecule has 1 fully saturated rings. The van der Waals surface area contributed by atoms with Crippen LogP contribution in [-0.4, -0.2) is 87.1 Å². The number of aliphatic carboxylic acids is 1. The normalized spacial score (nSPS) is 16.0. The number of anilines is 1. The fourth-order valence-corrected chi connectivity index (χ4v) is 5.69. The predicted molar refractivity (Wildman–Crippen MR) is 173 cm³/mol. The van der Waals surface area contributed by atoms with Crippen LogP contribution < -0.4 is 19.7 Å². The van der Waals surface area contributed by atoms with Crippen LogP contribution in [0.2, 0.25) is 0 Å². The Hall–Kier alpha value is -3.64. The monoisotopic (exact) mass is 674 g/mol. The fourth-order valence-electron chi connectivity index (χ4n) is 5.69. The summed E-state index contributed by atoms with van der Waals surface area (Å²) in [4.78, 5) is 41.7. The Kier molecular flexibility index (Phi) is 11.4. The molecule has 2 heterocycles. The van der Waals surface area contributed by atoms with E-state index in [1.54, 1.807) is 43.3 Å². The zero-order chi connectivity index (χ0) is 31.5. The highest BCUT2D eigenvalue weighted by Crippen LogP contribution is 2.42. The van der Waals surface area contributed by atoms with Crippen LogP contribution in [0.25, 0.3) is 0 Å². The Morgan fingerprint density at radius 2 is 1.86 bits per heavy atom. The van der Waals surface area contributed by atoms with Crippen LogP contribution in [0.15, 0.2) is 24.3 Å². The standard InChI is InChI=1S/C32H42N4O7.BrH/c1-7-42-27-12-21-15-36(30(33)22(21)13-23(27)31(40)34-5)16-26(37)20-10-24(32(2,3)4)29(43-18-28(38)39)25(11-20)35-9-8-19(14-35)17-41-6;/h10-13,19,33H,7-9,14-18H2,1-6H3,(H,34,40)(H,38,39);1H. The molecular weight excluding hydrogens is 632 g/mol. The lowest BCUT2D eigenvalue weighted by Crippen LogP contribution is -2.31. The number of hydrogen-bond acceptors (Lipinski definition) is 8. The summed E-state index contributed by atoms with van der Waals surface area (Å²) in [5.41, 5.74) is 3.17. The van der Waals surface area contributed by atoms with Crippen LogP contribution >= 0.6 is 17.0 Å². The van der Waals surface area contributed by atoms with Gasteiger partial charge in [-0.05, 0) is 48.6 Å². The van der Waals surface area contributed by atoms with Crippen molar-refractivity contribution in [2.45, 2.75) is 46.1 Å². The molecule has 2 aliphatic rings. The Bertz CT molecular complexity index is 1420. The van der Waals surface area contributed by atoms with Crippen LogP contribution in [0.4, 0.5) is 5.69 Å². The minimum Gasteiger partial charge on any atom is -0.493 e. The number of carboxylic acids is 1. The predicted octanol–water partition coefficient (Wildman–Crippen LogP) is 4.28. The zero-order valence-electron chi connectivity index (χ0n) is 26.2. The van der Waals surface area contributed by atoms with Crippen molar-refractivity contribution in [3.05, 3.63) is 52.1 Å². The SMILES string of the molecule is Br.CCOc1cc2c(cc1C(=O)NC)C(=N)N(CC(=O)c1cc(N3CCC(COC)C3)c(OCC(=O)O)c(C(C)(C)C)c1)C2. The zero-order valence-corrected chi connectivity index (χ0v) is 28.0. The number of ether oxygens (including phenoxy) is 3. The largest absolute Gasteiger partial charge is 0.493 e. The van der Waals surface area contributed by atoms with E-state index in [4.69, 9.17) is 19.6 Å². The molecule has 4 rings (SSSR count). The van der Waals surface area contributed by atoms with Crippen molar-refractivity contribution in [1.82, 2.24) is 10.2 Å². The van der Waals surface area contributed by atoms with E-state index in [1.807, 2.05) is 27.7 Å². The molecule has 1 amide bonds. The van der Waals surface area contributed by atoms with Crippen molar-refractivity contribution in [3.8, 4) is 11.5 Å². The Labute approximate surface area is 269 Å². The lowest BCUT2D eigenvalue weighted by molar-refractivity contribution is -0.139. The van der Waals surface area contributed by atoms with Gasteiger partial charge in [-0.2, -0.15) is 0 Å². The number of Topliss-reactive ketones (excluding diaryl/α,β-unsaturated/α-hetero) is 1. The van der Waals surface area contributed by atoms with Gasteiger partial charge in [0, 0.05) is 56.4 Å². The summed E-state index contributed by atoms with van der Waals surface area (Å²) in [7, 11) is 3.21. The molecule has 0 bridgehead atoms. The molecule has 44 heavy (non-hydrogen) atoms. The lowest BCUT2D eigenvalue weighted by atomic mass is 9.84. The van der Waals surface area contributed by atoms with Crippen molar-refractivity contribution >= 4 is 46.2 Å². The Balaban J connectivity index is 0.00000529. The molecule has 240 valence electrons. The molecule has 1 atom stereocenters. The van der Waals surface area contributed by atoms with Crippen molar-refractivity contribution < 1.29 is 33.7 Å². The fraction of sp³-hybridized carbons (Fsp3) is 0.500. The molecule has 2 aromatic carbocycles. The minimum atomic E-state index is -1.08. The number of hydrogen-bond donors (Lipinski definition) is 3. The van der Waals surface area contributed by atoms with E-state index in [-0.39, 0.29) is 41.1 Å². The molecule has 0 spiro atoms. The molecule has 1 saturated heterocycles. The van der Waals surface area contributed by atoms with Gasteiger partial charge >= 0.3 is 5.97 Å². The van der Waals surface area contributed by atoms with Crippen LogP contribution in [0, 0.1) is 11.3 Å². The third-order valence-electron chi connectivity index (χ3n) is 7.81. The second-order valence-corrected chi connectivity index (χ2v) is 12.0. The third kappa shape index (κ3) is 7.52. The summed E-state index contributed by atoms with van der Waals surface area (Å²) < 4.78 is 17.0. The van der Waals surface area contributed by atoms with Gasteiger partial charge in [0.25, 0.3) is 5.91 Å². The van der Waals surface area contributed by atoms with Gasteiger partial charge in [-0.1, -0.05) is 20.8 Å². The number of amides is 1. The van der Waals surface area contributed by atoms with Crippen LogP contribution in [0.1, 0.15) is 71.5 Å². The molecule has 11 nitrogen and oxygen atoms in total. The first kappa shape index (κ1) is 34.8. The number of nitrogens with one attached hydrogen (secondary N) is 2. The van der Waals surface area contributed by atoms with Gasteiger partial charge in [0.2, 0.25) is 0 Å².